The molecule has 0 spiro atoms. The monoisotopic (exact) mass is 342 g/mol. The molecule has 3 N–H and O–H groups in total. The van der Waals surface area contributed by atoms with Gasteiger partial charge in [-0.05, 0) is 36.6 Å². The zero-order valence-corrected chi connectivity index (χ0v) is 14.2. The standard InChI is InChI=1S/C20H18N6/c21-19-23-10-13(11-24-19)15-7-6-14(12-22-15)20(8-3-9-20)18-25-16-4-1-2-5-17(16)26-18/h1-2,4-7,10-12H,3,8-9H2,(H,25,26)(H2,21,23,24). The van der Waals surface area contributed by atoms with Gasteiger partial charge in [0.15, 0.2) is 0 Å². The molecule has 1 fully saturated rings. The number of nitrogens with zero attached hydrogens (tertiary/aromatic N) is 4. The highest BCUT2D eigenvalue weighted by molar-refractivity contribution is 5.75. The SMILES string of the molecule is Nc1ncc(-c2ccc(C3(c4nc5ccccc5[nH]4)CCC3)cn2)cn1. The predicted octanol–water partition coefficient (Wildman–Crippen LogP) is 3.47. The first-order valence-corrected chi connectivity index (χ1v) is 8.74. The largest absolute Gasteiger partial charge is 0.368 e. The Balaban J connectivity index is 1.53. The second kappa shape index (κ2) is 5.62. The van der Waals surface area contributed by atoms with E-state index >= 15 is 0 Å². The first kappa shape index (κ1) is 15.0. The smallest absolute Gasteiger partial charge is 0.219 e. The number of anilines is 1. The number of benzene rings is 1. The van der Waals surface area contributed by atoms with E-state index in [1.54, 1.807) is 12.4 Å². The fraction of sp³-hybridized carbons (Fsp3) is 0.200. The highest BCUT2D eigenvalue weighted by Gasteiger charge is 2.43. The maximum absolute atomic E-state index is 5.55. The summed E-state index contributed by atoms with van der Waals surface area (Å²) in [7, 11) is 0. The molecule has 0 aliphatic heterocycles. The van der Waals surface area contributed by atoms with Gasteiger partial charge >= 0.3 is 0 Å². The Bertz CT molecular complexity index is 1030. The van der Waals surface area contributed by atoms with Crippen LogP contribution in [-0.4, -0.2) is 24.9 Å². The fourth-order valence-corrected chi connectivity index (χ4v) is 3.69. The van der Waals surface area contributed by atoms with E-state index in [9.17, 15) is 0 Å². The maximum Gasteiger partial charge on any atom is 0.219 e. The molecule has 4 aromatic rings. The van der Waals surface area contributed by atoms with Crippen molar-refractivity contribution in [3.63, 3.8) is 0 Å². The van der Waals surface area contributed by atoms with Gasteiger partial charge in [0.05, 0.1) is 22.1 Å². The first-order valence-electron chi connectivity index (χ1n) is 8.74. The van der Waals surface area contributed by atoms with Crippen LogP contribution in [0.1, 0.15) is 30.7 Å². The van der Waals surface area contributed by atoms with Crippen LogP contribution in [-0.2, 0) is 5.41 Å². The molecule has 0 atom stereocenters. The first-order chi connectivity index (χ1) is 12.7. The predicted molar refractivity (Wildman–Crippen MR) is 100 cm³/mol. The summed E-state index contributed by atoms with van der Waals surface area (Å²) in [5.41, 5.74) is 10.5. The minimum atomic E-state index is -0.0673. The van der Waals surface area contributed by atoms with Crippen molar-refractivity contribution in [2.45, 2.75) is 24.7 Å². The van der Waals surface area contributed by atoms with Crippen molar-refractivity contribution in [1.82, 2.24) is 24.9 Å². The summed E-state index contributed by atoms with van der Waals surface area (Å²) >= 11 is 0. The summed E-state index contributed by atoms with van der Waals surface area (Å²) in [5, 5.41) is 0. The molecule has 1 saturated carbocycles. The number of hydrogen-bond donors (Lipinski definition) is 2. The number of para-hydroxylation sites is 2. The Morgan fingerprint density at radius 1 is 0.923 bits per heavy atom. The highest BCUT2D eigenvalue weighted by atomic mass is 15.0. The Hall–Kier alpha value is -3.28. The van der Waals surface area contributed by atoms with E-state index < -0.39 is 0 Å². The molecule has 1 aromatic carbocycles. The molecule has 0 bridgehead atoms. The number of nitrogens with one attached hydrogen (secondary N) is 1. The van der Waals surface area contributed by atoms with Crippen LogP contribution in [0.25, 0.3) is 22.3 Å². The molecule has 0 unspecified atom stereocenters. The topological polar surface area (TPSA) is 93.4 Å². The second-order valence-corrected chi connectivity index (χ2v) is 6.80. The molecule has 26 heavy (non-hydrogen) atoms. The summed E-state index contributed by atoms with van der Waals surface area (Å²) in [5.74, 6) is 1.30. The Kier molecular flexibility index (Phi) is 3.25. The van der Waals surface area contributed by atoms with Crippen LogP contribution < -0.4 is 5.73 Å². The lowest BCUT2D eigenvalue weighted by atomic mass is 9.64. The lowest BCUT2D eigenvalue weighted by molar-refractivity contribution is 0.287. The van der Waals surface area contributed by atoms with Gasteiger partial charge in [-0.1, -0.05) is 24.6 Å². The van der Waals surface area contributed by atoms with Crippen LogP contribution in [0.3, 0.4) is 0 Å². The van der Waals surface area contributed by atoms with Crippen molar-refractivity contribution >= 4 is 17.0 Å². The van der Waals surface area contributed by atoms with Crippen molar-refractivity contribution < 1.29 is 0 Å². The highest BCUT2D eigenvalue weighted by Crippen LogP contribution is 2.48. The van der Waals surface area contributed by atoms with Gasteiger partial charge in [-0.3, -0.25) is 4.98 Å². The molecule has 3 aromatic heterocycles. The number of nitrogen functional groups attached to an aromatic ring is 1. The summed E-state index contributed by atoms with van der Waals surface area (Å²) in [6.07, 6.45) is 8.71. The quantitative estimate of drug-likeness (QED) is 0.594. The van der Waals surface area contributed by atoms with Gasteiger partial charge in [-0.2, -0.15) is 0 Å². The molecule has 0 radical (unpaired) electrons. The molecule has 128 valence electrons. The Labute approximate surface area is 150 Å². The van der Waals surface area contributed by atoms with E-state index in [4.69, 9.17) is 10.7 Å². The summed E-state index contributed by atoms with van der Waals surface area (Å²) in [4.78, 5) is 21.1. The lowest BCUT2D eigenvalue weighted by Gasteiger charge is -2.40. The molecule has 5 rings (SSSR count). The number of imidazole rings is 1. The molecule has 0 amide bonds. The number of aromatic nitrogens is 5. The van der Waals surface area contributed by atoms with Gasteiger partial charge in [-0.25, -0.2) is 15.0 Å². The van der Waals surface area contributed by atoms with Crippen molar-refractivity contribution in [1.29, 1.82) is 0 Å². The molecule has 0 saturated heterocycles. The summed E-state index contributed by atoms with van der Waals surface area (Å²) in [6, 6.07) is 12.3. The van der Waals surface area contributed by atoms with E-state index in [1.165, 1.54) is 12.0 Å². The third-order valence-electron chi connectivity index (χ3n) is 5.33. The van der Waals surface area contributed by atoms with Crippen LogP contribution in [0.4, 0.5) is 5.95 Å². The third-order valence-corrected chi connectivity index (χ3v) is 5.33. The third kappa shape index (κ3) is 2.26. The molecule has 1 aliphatic rings. The van der Waals surface area contributed by atoms with Gasteiger partial charge in [0, 0.05) is 24.2 Å². The minimum absolute atomic E-state index is 0.0673. The Morgan fingerprint density at radius 3 is 2.38 bits per heavy atom. The second-order valence-electron chi connectivity index (χ2n) is 6.80. The number of aromatic amines is 1. The summed E-state index contributed by atoms with van der Waals surface area (Å²) in [6.45, 7) is 0. The lowest BCUT2D eigenvalue weighted by Crippen LogP contribution is -2.36. The molecule has 3 heterocycles. The average Bonchev–Trinajstić information content (AvgIpc) is 3.06. The number of rotatable bonds is 3. The number of hydrogen-bond acceptors (Lipinski definition) is 5. The van der Waals surface area contributed by atoms with Crippen LogP contribution in [0.5, 0.6) is 0 Å². The van der Waals surface area contributed by atoms with Crippen molar-refractivity contribution in [2.24, 2.45) is 0 Å². The maximum atomic E-state index is 5.55. The van der Waals surface area contributed by atoms with Gasteiger partial charge in [0.2, 0.25) is 5.95 Å². The molecular weight excluding hydrogens is 324 g/mol. The fourth-order valence-electron chi connectivity index (χ4n) is 3.69. The molecular formula is C20H18N6. The van der Waals surface area contributed by atoms with Crippen LogP contribution in [0, 0.1) is 0 Å². The molecule has 6 nitrogen and oxygen atoms in total. The number of nitrogens with two attached hydrogens (primary N) is 1. The number of pyridine rings is 1. The van der Waals surface area contributed by atoms with Crippen molar-refractivity contribution in [3.8, 4) is 11.3 Å². The zero-order chi connectivity index (χ0) is 17.6. The number of H-pyrrole nitrogens is 1. The van der Waals surface area contributed by atoms with Gasteiger partial charge in [-0.15, -0.1) is 0 Å². The number of fused-ring (bicyclic) bond motifs is 1. The van der Waals surface area contributed by atoms with Crippen LogP contribution in [0.2, 0.25) is 0 Å². The summed E-state index contributed by atoms with van der Waals surface area (Å²) < 4.78 is 0. The van der Waals surface area contributed by atoms with Crippen molar-refractivity contribution in [2.75, 3.05) is 5.73 Å². The van der Waals surface area contributed by atoms with E-state index in [1.807, 2.05) is 30.5 Å². The van der Waals surface area contributed by atoms with E-state index in [-0.39, 0.29) is 11.4 Å². The van der Waals surface area contributed by atoms with E-state index in [0.717, 1.165) is 41.0 Å². The van der Waals surface area contributed by atoms with E-state index in [0.29, 0.717) is 0 Å². The van der Waals surface area contributed by atoms with Gasteiger partial charge < -0.3 is 10.7 Å². The normalized spacial score (nSPS) is 15.7. The zero-order valence-electron chi connectivity index (χ0n) is 14.2. The Morgan fingerprint density at radius 2 is 1.73 bits per heavy atom. The molecule has 1 aliphatic carbocycles. The minimum Gasteiger partial charge on any atom is -0.368 e. The van der Waals surface area contributed by atoms with Gasteiger partial charge in [0.1, 0.15) is 5.82 Å². The van der Waals surface area contributed by atoms with Crippen molar-refractivity contribution in [3.05, 3.63) is 66.4 Å². The van der Waals surface area contributed by atoms with E-state index in [2.05, 4.69) is 32.1 Å². The van der Waals surface area contributed by atoms with Gasteiger partial charge in [0.25, 0.3) is 0 Å². The van der Waals surface area contributed by atoms with Crippen LogP contribution in [0.15, 0.2) is 55.0 Å². The molecule has 6 heteroatoms. The van der Waals surface area contributed by atoms with Crippen LogP contribution >= 0.6 is 0 Å². The average molecular weight is 342 g/mol.